The number of hydrogen-bond donors (Lipinski definition) is 1. The Morgan fingerprint density at radius 1 is 1.06 bits per heavy atom. The van der Waals surface area contributed by atoms with E-state index < -0.39 is 15.8 Å². The maximum Gasteiger partial charge on any atom is 0.271 e. The molecule has 0 bridgehead atoms. The second-order valence-electron chi connectivity index (χ2n) is 7.36. The van der Waals surface area contributed by atoms with Crippen LogP contribution >= 0.6 is 11.6 Å². The summed E-state index contributed by atoms with van der Waals surface area (Å²) in [7, 11) is -4.03. The summed E-state index contributed by atoms with van der Waals surface area (Å²) >= 11 is 5.76. The molecule has 4 rings (SSSR count). The van der Waals surface area contributed by atoms with E-state index in [9.17, 15) is 17.6 Å². The second-order valence-corrected chi connectivity index (χ2v) is 9.41. The van der Waals surface area contributed by atoms with E-state index >= 15 is 0 Å². The van der Waals surface area contributed by atoms with Gasteiger partial charge in [0.25, 0.3) is 15.6 Å². The molecule has 0 fully saturated rings. The molecular weight excluding hydrogens is 471 g/mol. The summed E-state index contributed by atoms with van der Waals surface area (Å²) in [5.74, 6) is -0.231. The number of hydrogen-bond acceptors (Lipinski definition) is 6. The van der Waals surface area contributed by atoms with E-state index in [-0.39, 0.29) is 21.2 Å². The first-order valence-corrected chi connectivity index (χ1v) is 11.6. The van der Waals surface area contributed by atoms with Crippen molar-refractivity contribution in [1.82, 2.24) is 14.9 Å². The molecular formula is C22H18ClFN4O4S. The average molecular weight is 489 g/mol. The van der Waals surface area contributed by atoms with Crippen LogP contribution in [0.15, 0.2) is 62.7 Å². The minimum absolute atomic E-state index is 0.00247. The van der Waals surface area contributed by atoms with Crippen LogP contribution in [0, 0.1) is 26.6 Å². The summed E-state index contributed by atoms with van der Waals surface area (Å²) < 4.78 is 48.2. The van der Waals surface area contributed by atoms with Crippen molar-refractivity contribution in [3.8, 4) is 16.9 Å². The van der Waals surface area contributed by atoms with Crippen LogP contribution < -0.4 is 10.3 Å². The molecule has 8 nitrogen and oxygen atoms in total. The molecule has 0 aliphatic heterocycles. The van der Waals surface area contributed by atoms with Crippen molar-refractivity contribution in [3.63, 3.8) is 0 Å². The van der Waals surface area contributed by atoms with Crippen LogP contribution in [0.4, 0.5) is 10.1 Å². The quantitative estimate of drug-likeness (QED) is 0.446. The van der Waals surface area contributed by atoms with E-state index in [4.69, 9.17) is 16.1 Å². The predicted octanol–water partition coefficient (Wildman–Crippen LogP) is 4.41. The Bertz CT molecular complexity index is 1530. The molecule has 170 valence electrons. The number of aryl methyl sites for hydroxylation is 3. The molecule has 0 atom stereocenters. The lowest BCUT2D eigenvalue weighted by Crippen LogP contribution is -2.21. The molecule has 0 saturated heterocycles. The summed E-state index contributed by atoms with van der Waals surface area (Å²) in [5, 5.41) is 8.04. The SMILES string of the molecule is Cc1ccc(-c2ccc(=O)n(-c3c(C)noc3C)n2)cc1S(=O)(=O)Nc1ccc(F)c(Cl)c1. The van der Waals surface area contributed by atoms with Gasteiger partial charge in [-0.25, -0.2) is 12.8 Å². The Hall–Kier alpha value is -3.50. The fraction of sp³-hybridized carbons (Fsp3) is 0.136. The zero-order chi connectivity index (χ0) is 23.9. The molecule has 0 amide bonds. The molecule has 2 heterocycles. The molecule has 2 aromatic carbocycles. The molecule has 0 radical (unpaired) electrons. The maximum absolute atomic E-state index is 13.4. The number of nitrogens with zero attached hydrogens (tertiary/aromatic N) is 3. The third-order valence-corrected chi connectivity index (χ3v) is 6.77. The van der Waals surface area contributed by atoms with E-state index in [0.717, 1.165) is 6.07 Å². The van der Waals surface area contributed by atoms with Gasteiger partial charge in [-0.15, -0.1) is 0 Å². The van der Waals surface area contributed by atoms with Gasteiger partial charge in [0, 0.05) is 11.6 Å². The average Bonchev–Trinajstić information content (AvgIpc) is 3.09. The minimum atomic E-state index is -4.03. The number of nitrogens with one attached hydrogen (secondary N) is 1. The van der Waals surface area contributed by atoms with Gasteiger partial charge in [0.1, 0.15) is 17.2 Å². The van der Waals surface area contributed by atoms with Crippen LogP contribution in [0.3, 0.4) is 0 Å². The largest absolute Gasteiger partial charge is 0.359 e. The summed E-state index contributed by atoms with van der Waals surface area (Å²) in [6, 6.07) is 11.2. The maximum atomic E-state index is 13.4. The van der Waals surface area contributed by atoms with Gasteiger partial charge >= 0.3 is 0 Å². The second kappa shape index (κ2) is 8.45. The van der Waals surface area contributed by atoms with Gasteiger partial charge in [-0.1, -0.05) is 28.9 Å². The highest BCUT2D eigenvalue weighted by atomic mass is 35.5. The van der Waals surface area contributed by atoms with Gasteiger partial charge in [0.15, 0.2) is 5.76 Å². The van der Waals surface area contributed by atoms with Crippen molar-refractivity contribution in [2.45, 2.75) is 25.7 Å². The normalized spacial score (nSPS) is 11.5. The van der Waals surface area contributed by atoms with Crippen LogP contribution in [0.1, 0.15) is 17.0 Å². The highest BCUT2D eigenvalue weighted by Gasteiger charge is 2.20. The highest BCUT2D eigenvalue weighted by Crippen LogP contribution is 2.27. The van der Waals surface area contributed by atoms with Crippen LogP contribution in [-0.4, -0.2) is 23.4 Å². The third kappa shape index (κ3) is 4.39. The lowest BCUT2D eigenvalue weighted by Gasteiger charge is -2.13. The number of benzene rings is 2. The van der Waals surface area contributed by atoms with Crippen LogP contribution in [0.2, 0.25) is 5.02 Å². The van der Waals surface area contributed by atoms with Gasteiger partial charge in [0.05, 0.1) is 21.3 Å². The van der Waals surface area contributed by atoms with Gasteiger partial charge in [-0.2, -0.15) is 9.78 Å². The monoisotopic (exact) mass is 488 g/mol. The Labute approximate surface area is 193 Å². The van der Waals surface area contributed by atoms with Crippen LogP contribution in [0.25, 0.3) is 16.9 Å². The van der Waals surface area contributed by atoms with Crippen molar-refractivity contribution in [1.29, 1.82) is 0 Å². The zero-order valence-electron chi connectivity index (χ0n) is 17.8. The molecule has 0 unspecified atom stereocenters. The summed E-state index contributed by atoms with van der Waals surface area (Å²) in [4.78, 5) is 12.4. The van der Waals surface area contributed by atoms with Crippen molar-refractivity contribution in [3.05, 3.63) is 86.7 Å². The Morgan fingerprint density at radius 2 is 1.82 bits per heavy atom. The lowest BCUT2D eigenvalue weighted by molar-refractivity contribution is 0.392. The van der Waals surface area contributed by atoms with E-state index in [2.05, 4.69) is 15.0 Å². The fourth-order valence-electron chi connectivity index (χ4n) is 3.32. The number of aromatic nitrogens is 3. The standard InChI is InChI=1S/C22H18ClFN4O4S/c1-12-4-5-15(10-20(12)33(30,31)27-16-6-7-18(24)17(23)11-16)19-8-9-21(29)28(25-19)22-13(2)26-32-14(22)3/h4-11,27H,1-3H3. The molecule has 2 aromatic heterocycles. The molecule has 1 N–H and O–H groups in total. The molecule has 4 aromatic rings. The summed E-state index contributed by atoms with van der Waals surface area (Å²) in [6.07, 6.45) is 0. The number of rotatable bonds is 5. The van der Waals surface area contributed by atoms with Gasteiger partial charge in [-0.3, -0.25) is 9.52 Å². The molecule has 0 aliphatic rings. The van der Waals surface area contributed by atoms with Gasteiger partial charge < -0.3 is 4.52 Å². The molecule has 0 aliphatic carbocycles. The van der Waals surface area contributed by atoms with E-state index in [1.807, 2.05) is 0 Å². The molecule has 0 spiro atoms. The molecule has 33 heavy (non-hydrogen) atoms. The van der Waals surface area contributed by atoms with Crippen LogP contribution in [0.5, 0.6) is 0 Å². The Balaban J connectivity index is 1.77. The Kier molecular flexibility index (Phi) is 5.81. The summed E-state index contributed by atoms with van der Waals surface area (Å²) in [5.41, 5.74) is 1.98. The van der Waals surface area contributed by atoms with Crippen molar-refractivity contribution in [2.75, 3.05) is 4.72 Å². The first-order valence-electron chi connectivity index (χ1n) is 9.69. The third-order valence-electron chi connectivity index (χ3n) is 4.95. The van der Waals surface area contributed by atoms with Crippen molar-refractivity contribution >= 4 is 27.3 Å². The van der Waals surface area contributed by atoms with Crippen LogP contribution in [-0.2, 0) is 10.0 Å². The topological polar surface area (TPSA) is 107 Å². The lowest BCUT2D eigenvalue weighted by atomic mass is 10.1. The predicted molar refractivity (Wildman–Crippen MR) is 122 cm³/mol. The smallest absolute Gasteiger partial charge is 0.271 e. The fourth-order valence-corrected chi connectivity index (χ4v) is 4.83. The van der Waals surface area contributed by atoms with E-state index in [0.29, 0.717) is 34.0 Å². The van der Waals surface area contributed by atoms with Gasteiger partial charge in [-0.05, 0) is 56.7 Å². The van der Waals surface area contributed by atoms with E-state index in [1.54, 1.807) is 32.9 Å². The first kappa shape index (κ1) is 22.7. The van der Waals surface area contributed by atoms with Crippen molar-refractivity contribution in [2.24, 2.45) is 0 Å². The number of anilines is 1. The molecule has 11 heteroatoms. The zero-order valence-corrected chi connectivity index (χ0v) is 19.3. The number of sulfonamides is 1. The first-order chi connectivity index (χ1) is 15.6. The van der Waals surface area contributed by atoms with Gasteiger partial charge in [0.2, 0.25) is 0 Å². The highest BCUT2D eigenvalue weighted by molar-refractivity contribution is 7.92. The Morgan fingerprint density at radius 3 is 2.48 bits per heavy atom. The van der Waals surface area contributed by atoms with E-state index in [1.165, 1.54) is 35.0 Å². The summed E-state index contributed by atoms with van der Waals surface area (Å²) in [6.45, 7) is 5.00. The minimum Gasteiger partial charge on any atom is -0.359 e. The molecule has 0 saturated carbocycles. The number of halogens is 2. The van der Waals surface area contributed by atoms with Crippen molar-refractivity contribution < 1.29 is 17.3 Å².